The number of thiazole rings is 1. The summed E-state index contributed by atoms with van der Waals surface area (Å²) < 4.78 is 0. The van der Waals surface area contributed by atoms with E-state index in [0.717, 1.165) is 5.69 Å². The highest BCUT2D eigenvalue weighted by Gasteiger charge is 2.13. The molecule has 2 aromatic rings. The average molecular weight is 296 g/mol. The van der Waals surface area contributed by atoms with Gasteiger partial charge in [0, 0.05) is 16.1 Å². The van der Waals surface area contributed by atoms with Gasteiger partial charge < -0.3 is 5.73 Å². The van der Waals surface area contributed by atoms with Crippen molar-refractivity contribution in [1.29, 1.82) is 0 Å². The lowest BCUT2D eigenvalue weighted by Gasteiger charge is -2.05. The molecule has 0 spiro atoms. The molecule has 100 valence electrons. The zero-order valence-corrected chi connectivity index (χ0v) is 12.2. The Labute approximate surface area is 120 Å². The monoisotopic (exact) mass is 295 g/mol. The van der Waals surface area contributed by atoms with E-state index < -0.39 is 0 Å². The molecule has 0 aliphatic carbocycles. The second-order valence-electron chi connectivity index (χ2n) is 4.42. The molecule has 0 fully saturated rings. The molecule has 0 unspecified atom stereocenters. The highest BCUT2D eigenvalue weighted by Crippen LogP contribution is 2.23. The van der Waals surface area contributed by atoms with Crippen LogP contribution in [0.5, 0.6) is 0 Å². The maximum Gasteiger partial charge on any atom is 0.259 e. The molecular formula is C13H14ClN3OS. The number of nitrogen functional groups attached to an aromatic ring is 1. The van der Waals surface area contributed by atoms with Gasteiger partial charge in [-0.3, -0.25) is 10.1 Å². The van der Waals surface area contributed by atoms with Gasteiger partial charge in [0.2, 0.25) is 0 Å². The zero-order valence-electron chi connectivity index (χ0n) is 10.6. The molecule has 1 amide bonds. The van der Waals surface area contributed by atoms with E-state index in [9.17, 15) is 4.79 Å². The summed E-state index contributed by atoms with van der Waals surface area (Å²) in [6, 6.07) is 4.79. The number of rotatable bonds is 3. The van der Waals surface area contributed by atoms with Crippen LogP contribution in [0.1, 0.15) is 35.8 Å². The molecule has 19 heavy (non-hydrogen) atoms. The van der Waals surface area contributed by atoms with Gasteiger partial charge in [0.05, 0.1) is 11.3 Å². The van der Waals surface area contributed by atoms with Crippen LogP contribution in [0.2, 0.25) is 5.02 Å². The lowest BCUT2D eigenvalue weighted by atomic mass is 10.1. The molecule has 0 saturated heterocycles. The highest BCUT2D eigenvalue weighted by atomic mass is 35.5. The van der Waals surface area contributed by atoms with Crippen molar-refractivity contribution in [2.45, 2.75) is 19.8 Å². The van der Waals surface area contributed by atoms with Gasteiger partial charge in [0.15, 0.2) is 5.13 Å². The van der Waals surface area contributed by atoms with E-state index in [1.807, 2.05) is 5.38 Å². The number of carbonyl (C=O) groups excluding carboxylic acids is 1. The third-order valence-corrected chi connectivity index (χ3v) is 3.60. The van der Waals surface area contributed by atoms with Crippen molar-refractivity contribution in [3.05, 3.63) is 39.9 Å². The SMILES string of the molecule is CC(C)c1csc(NC(=O)c2ccc(Cl)cc2N)n1. The molecule has 1 heterocycles. The van der Waals surface area contributed by atoms with E-state index in [0.29, 0.717) is 27.3 Å². The maximum atomic E-state index is 12.1. The lowest BCUT2D eigenvalue weighted by Crippen LogP contribution is -2.13. The Balaban J connectivity index is 2.16. The fraction of sp³-hybridized carbons (Fsp3) is 0.231. The van der Waals surface area contributed by atoms with E-state index >= 15 is 0 Å². The maximum absolute atomic E-state index is 12.1. The van der Waals surface area contributed by atoms with Crippen LogP contribution in [-0.2, 0) is 0 Å². The smallest absolute Gasteiger partial charge is 0.259 e. The number of benzene rings is 1. The third-order valence-electron chi connectivity index (χ3n) is 2.59. The first-order valence-corrected chi connectivity index (χ1v) is 7.05. The third kappa shape index (κ3) is 3.24. The van der Waals surface area contributed by atoms with E-state index in [1.54, 1.807) is 18.2 Å². The van der Waals surface area contributed by atoms with Crippen molar-refractivity contribution in [3.8, 4) is 0 Å². The van der Waals surface area contributed by atoms with Crippen molar-refractivity contribution >= 4 is 39.7 Å². The minimum absolute atomic E-state index is 0.279. The van der Waals surface area contributed by atoms with Crippen LogP contribution < -0.4 is 11.1 Å². The number of anilines is 2. The molecule has 2 rings (SSSR count). The summed E-state index contributed by atoms with van der Waals surface area (Å²) in [5.74, 6) is 0.0568. The number of aromatic nitrogens is 1. The normalized spacial score (nSPS) is 10.7. The molecule has 1 aromatic heterocycles. The van der Waals surface area contributed by atoms with Crippen molar-refractivity contribution in [2.75, 3.05) is 11.1 Å². The van der Waals surface area contributed by atoms with E-state index in [2.05, 4.69) is 24.1 Å². The van der Waals surface area contributed by atoms with Crippen molar-refractivity contribution in [3.63, 3.8) is 0 Å². The molecule has 3 N–H and O–H groups in total. The van der Waals surface area contributed by atoms with Crippen LogP contribution in [0.4, 0.5) is 10.8 Å². The minimum atomic E-state index is -0.279. The number of carbonyl (C=O) groups is 1. The Bertz CT molecular complexity index is 610. The number of nitrogens with zero attached hydrogens (tertiary/aromatic N) is 1. The van der Waals surface area contributed by atoms with Crippen molar-refractivity contribution < 1.29 is 4.79 Å². The second-order valence-corrected chi connectivity index (χ2v) is 5.71. The number of halogens is 1. The standard InChI is InChI=1S/C13H14ClN3OS/c1-7(2)11-6-19-13(16-11)17-12(18)9-4-3-8(14)5-10(9)15/h3-7H,15H2,1-2H3,(H,16,17,18). The van der Waals surface area contributed by atoms with E-state index in [-0.39, 0.29) is 5.91 Å². The first-order chi connectivity index (χ1) is 8.97. The number of nitrogens with one attached hydrogen (secondary N) is 1. The number of nitrogens with two attached hydrogens (primary N) is 1. The van der Waals surface area contributed by atoms with Crippen LogP contribution >= 0.6 is 22.9 Å². The van der Waals surface area contributed by atoms with Crippen LogP contribution in [0, 0.1) is 0 Å². The molecule has 1 aromatic carbocycles. The fourth-order valence-electron chi connectivity index (χ4n) is 1.51. The Morgan fingerprint density at radius 1 is 1.47 bits per heavy atom. The molecule has 0 aliphatic rings. The predicted octanol–water partition coefficient (Wildman–Crippen LogP) is 3.75. The Morgan fingerprint density at radius 3 is 2.79 bits per heavy atom. The van der Waals surface area contributed by atoms with Gasteiger partial charge in [-0.15, -0.1) is 11.3 Å². The fourth-order valence-corrected chi connectivity index (χ4v) is 2.56. The Hall–Kier alpha value is -1.59. The van der Waals surface area contributed by atoms with E-state index in [4.69, 9.17) is 17.3 Å². The highest BCUT2D eigenvalue weighted by molar-refractivity contribution is 7.14. The average Bonchev–Trinajstić information content (AvgIpc) is 2.77. The van der Waals surface area contributed by atoms with Gasteiger partial charge in [0.25, 0.3) is 5.91 Å². The topological polar surface area (TPSA) is 68.0 Å². The predicted molar refractivity (Wildman–Crippen MR) is 80.0 cm³/mol. The molecule has 0 aliphatic heterocycles. The molecule has 0 radical (unpaired) electrons. The number of amides is 1. The molecule has 0 saturated carbocycles. The Morgan fingerprint density at radius 2 is 2.21 bits per heavy atom. The molecule has 0 bridgehead atoms. The zero-order chi connectivity index (χ0) is 14.0. The van der Waals surface area contributed by atoms with Crippen LogP contribution in [0.15, 0.2) is 23.6 Å². The van der Waals surface area contributed by atoms with Gasteiger partial charge in [0.1, 0.15) is 0 Å². The van der Waals surface area contributed by atoms with Gasteiger partial charge >= 0.3 is 0 Å². The first kappa shape index (κ1) is 13.8. The first-order valence-electron chi connectivity index (χ1n) is 5.79. The van der Waals surface area contributed by atoms with Gasteiger partial charge in [-0.1, -0.05) is 25.4 Å². The van der Waals surface area contributed by atoms with Crippen molar-refractivity contribution in [1.82, 2.24) is 4.98 Å². The van der Waals surface area contributed by atoms with Crippen LogP contribution in [0.3, 0.4) is 0 Å². The van der Waals surface area contributed by atoms with Crippen molar-refractivity contribution in [2.24, 2.45) is 0 Å². The summed E-state index contributed by atoms with van der Waals surface area (Å²) in [5, 5.41) is 5.75. The number of hydrogen-bond donors (Lipinski definition) is 2. The number of hydrogen-bond acceptors (Lipinski definition) is 4. The summed E-state index contributed by atoms with van der Waals surface area (Å²) in [6.07, 6.45) is 0. The van der Waals surface area contributed by atoms with Crippen LogP contribution in [-0.4, -0.2) is 10.9 Å². The van der Waals surface area contributed by atoms with Gasteiger partial charge in [-0.05, 0) is 24.1 Å². The molecule has 4 nitrogen and oxygen atoms in total. The minimum Gasteiger partial charge on any atom is -0.398 e. The lowest BCUT2D eigenvalue weighted by molar-refractivity contribution is 0.102. The summed E-state index contributed by atoms with van der Waals surface area (Å²) in [5.41, 5.74) is 7.48. The van der Waals surface area contributed by atoms with E-state index in [1.165, 1.54) is 11.3 Å². The summed E-state index contributed by atoms with van der Waals surface area (Å²) in [7, 11) is 0. The second kappa shape index (κ2) is 5.59. The quantitative estimate of drug-likeness (QED) is 0.847. The largest absolute Gasteiger partial charge is 0.398 e. The molecule has 6 heteroatoms. The van der Waals surface area contributed by atoms with Crippen LogP contribution in [0.25, 0.3) is 0 Å². The molecule has 0 atom stereocenters. The summed E-state index contributed by atoms with van der Waals surface area (Å²) in [4.78, 5) is 16.4. The summed E-state index contributed by atoms with van der Waals surface area (Å²) in [6.45, 7) is 4.11. The Kier molecular flexibility index (Phi) is 4.07. The van der Waals surface area contributed by atoms with Gasteiger partial charge in [-0.25, -0.2) is 4.98 Å². The molecular weight excluding hydrogens is 282 g/mol. The van der Waals surface area contributed by atoms with Gasteiger partial charge in [-0.2, -0.15) is 0 Å². The summed E-state index contributed by atoms with van der Waals surface area (Å²) >= 11 is 7.20.